The average Bonchev–Trinajstić information content (AvgIpc) is 2.54. The van der Waals surface area contributed by atoms with Crippen LogP contribution in [0.15, 0.2) is 24.3 Å². The van der Waals surface area contributed by atoms with Crippen molar-refractivity contribution in [3.63, 3.8) is 0 Å². The Labute approximate surface area is 132 Å². The lowest BCUT2D eigenvalue weighted by Crippen LogP contribution is -2.37. The molecular formula is C17H25N3O2. The number of piperidine rings is 1. The third-order valence-corrected chi connectivity index (χ3v) is 4.09. The van der Waals surface area contributed by atoms with E-state index in [4.69, 9.17) is 0 Å². The van der Waals surface area contributed by atoms with Gasteiger partial charge in [-0.25, -0.2) is 0 Å². The largest absolute Gasteiger partial charge is 0.339 e. The maximum absolute atomic E-state index is 12.4. The van der Waals surface area contributed by atoms with E-state index < -0.39 is 0 Å². The minimum Gasteiger partial charge on any atom is -0.339 e. The zero-order valence-electron chi connectivity index (χ0n) is 13.4. The molecule has 1 aliphatic heterocycles. The van der Waals surface area contributed by atoms with E-state index in [-0.39, 0.29) is 11.8 Å². The molecule has 0 unspecified atom stereocenters. The highest BCUT2D eigenvalue weighted by Gasteiger charge is 2.21. The van der Waals surface area contributed by atoms with E-state index in [0.717, 1.165) is 31.6 Å². The molecule has 5 nitrogen and oxygen atoms in total. The van der Waals surface area contributed by atoms with Crippen molar-refractivity contribution >= 4 is 17.5 Å². The molecule has 2 rings (SSSR count). The van der Waals surface area contributed by atoms with Crippen LogP contribution in [0.2, 0.25) is 0 Å². The Morgan fingerprint density at radius 3 is 2.41 bits per heavy atom. The van der Waals surface area contributed by atoms with E-state index in [0.29, 0.717) is 24.4 Å². The highest BCUT2D eigenvalue weighted by atomic mass is 16.2. The first-order valence-electron chi connectivity index (χ1n) is 7.94. The first-order chi connectivity index (χ1) is 10.6. The second-order valence-electron chi connectivity index (χ2n) is 5.95. The van der Waals surface area contributed by atoms with Crippen molar-refractivity contribution in [2.75, 3.05) is 32.0 Å². The van der Waals surface area contributed by atoms with Crippen molar-refractivity contribution in [1.82, 2.24) is 10.2 Å². The number of amides is 2. The number of carbonyl (C=O) groups is 2. The van der Waals surface area contributed by atoms with Crippen molar-refractivity contribution in [1.29, 1.82) is 0 Å². The Hall–Kier alpha value is -1.88. The van der Waals surface area contributed by atoms with Gasteiger partial charge in [0.05, 0.1) is 0 Å². The van der Waals surface area contributed by atoms with Crippen molar-refractivity contribution in [3.8, 4) is 0 Å². The van der Waals surface area contributed by atoms with Crippen LogP contribution in [0.5, 0.6) is 0 Å². The lowest BCUT2D eigenvalue weighted by molar-refractivity contribution is -0.116. The summed E-state index contributed by atoms with van der Waals surface area (Å²) >= 11 is 0. The summed E-state index contributed by atoms with van der Waals surface area (Å²) in [6.07, 6.45) is 2.58. The number of rotatable bonds is 5. The molecule has 1 aliphatic rings. The summed E-state index contributed by atoms with van der Waals surface area (Å²) in [7, 11) is 1.81. The first-order valence-corrected chi connectivity index (χ1v) is 7.94. The molecule has 1 aromatic carbocycles. The third kappa shape index (κ3) is 4.56. The molecule has 0 bridgehead atoms. The fraction of sp³-hybridized carbons (Fsp3) is 0.529. The zero-order chi connectivity index (χ0) is 15.9. The normalized spacial score (nSPS) is 15.6. The Morgan fingerprint density at radius 2 is 1.82 bits per heavy atom. The summed E-state index contributed by atoms with van der Waals surface area (Å²) in [6, 6.07) is 7.15. The molecule has 2 amide bonds. The van der Waals surface area contributed by atoms with E-state index in [1.165, 1.54) is 0 Å². The number of nitrogens with one attached hydrogen (secondary N) is 2. The fourth-order valence-electron chi connectivity index (χ4n) is 2.55. The van der Waals surface area contributed by atoms with Crippen LogP contribution in [0.4, 0.5) is 5.69 Å². The lowest BCUT2D eigenvalue weighted by atomic mass is 9.98. The molecule has 1 fully saturated rings. The Morgan fingerprint density at radius 1 is 1.18 bits per heavy atom. The summed E-state index contributed by atoms with van der Waals surface area (Å²) in [5, 5.41) is 5.76. The fourth-order valence-corrected chi connectivity index (χ4v) is 2.55. The second kappa shape index (κ2) is 7.94. The van der Waals surface area contributed by atoms with Gasteiger partial charge in [0, 0.05) is 37.3 Å². The van der Waals surface area contributed by atoms with E-state index in [2.05, 4.69) is 17.6 Å². The first kappa shape index (κ1) is 16.5. The predicted octanol–water partition coefficient (Wildman–Crippen LogP) is 2.11. The van der Waals surface area contributed by atoms with Crippen molar-refractivity contribution in [2.24, 2.45) is 5.92 Å². The molecule has 0 saturated carbocycles. The quantitative estimate of drug-likeness (QED) is 0.876. The number of likely N-dealkylation sites (tertiary alicyclic amines) is 1. The van der Waals surface area contributed by atoms with Gasteiger partial charge in [-0.2, -0.15) is 0 Å². The van der Waals surface area contributed by atoms with Gasteiger partial charge in [-0.3, -0.25) is 9.59 Å². The Kier molecular flexibility index (Phi) is 5.95. The van der Waals surface area contributed by atoms with Crippen LogP contribution in [0.1, 0.15) is 36.5 Å². The van der Waals surface area contributed by atoms with Gasteiger partial charge in [0.1, 0.15) is 0 Å². The molecule has 0 aromatic heterocycles. The van der Waals surface area contributed by atoms with Crippen LogP contribution in [-0.2, 0) is 4.79 Å². The number of anilines is 1. The van der Waals surface area contributed by atoms with Crippen LogP contribution in [0.25, 0.3) is 0 Å². The molecule has 120 valence electrons. The number of carbonyl (C=O) groups excluding carboxylic acids is 2. The molecule has 22 heavy (non-hydrogen) atoms. The van der Waals surface area contributed by atoms with Gasteiger partial charge in [-0.05, 0) is 50.1 Å². The molecule has 2 N–H and O–H groups in total. The van der Waals surface area contributed by atoms with E-state index >= 15 is 0 Å². The van der Waals surface area contributed by atoms with Crippen molar-refractivity contribution < 1.29 is 9.59 Å². The average molecular weight is 303 g/mol. The number of hydrogen-bond acceptors (Lipinski definition) is 3. The van der Waals surface area contributed by atoms with Crippen LogP contribution in [0, 0.1) is 5.92 Å². The predicted molar refractivity (Wildman–Crippen MR) is 87.9 cm³/mol. The third-order valence-electron chi connectivity index (χ3n) is 4.09. The summed E-state index contributed by atoms with van der Waals surface area (Å²) in [5.41, 5.74) is 1.41. The molecule has 5 heteroatoms. The molecular weight excluding hydrogens is 278 g/mol. The Bertz CT molecular complexity index is 505. The smallest absolute Gasteiger partial charge is 0.253 e. The maximum atomic E-state index is 12.4. The second-order valence-corrected chi connectivity index (χ2v) is 5.95. The molecule has 1 saturated heterocycles. The zero-order valence-corrected chi connectivity index (χ0v) is 13.4. The van der Waals surface area contributed by atoms with Crippen LogP contribution in [0.3, 0.4) is 0 Å². The van der Waals surface area contributed by atoms with Gasteiger partial charge in [-0.15, -0.1) is 0 Å². The molecule has 1 aromatic rings. The summed E-state index contributed by atoms with van der Waals surface area (Å²) in [4.78, 5) is 26.0. The van der Waals surface area contributed by atoms with Crippen LogP contribution in [-0.4, -0.2) is 43.4 Å². The lowest BCUT2D eigenvalue weighted by Gasteiger charge is -2.30. The topological polar surface area (TPSA) is 61.4 Å². The van der Waals surface area contributed by atoms with E-state index in [1.54, 1.807) is 24.3 Å². The van der Waals surface area contributed by atoms with Gasteiger partial charge in [0.25, 0.3) is 5.91 Å². The SMILES string of the molecule is CNCCC(=O)Nc1ccc(C(=O)N2CCC(C)CC2)cc1. The molecule has 0 spiro atoms. The number of hydrogen-bond donors (Lipinski definition) is 2. The number of nitrogens with zero attached hydrogens (tertiary/aromatic N) is 1. The standard InChI is InChI=1S/C17H25N3O2/c1-13-8-11-20(12-9-13)17(22)14-3-5-15(6-4-14)19-16(21)7-10-18-2/h3-6,13,18H,7-12H2,1-2H3,(H,19,21). The minimum absolute atomic E-state index is 0.0292. The maximum Gasteiger partial charge on any atom is 0.253 e. The monoisotopic (exact) mass is 303 g/mol. The van der Waals surface area contributed by atoms with Crippen molar-refractivity contribution in [3.05, 3.63) is 29.8 Å². The van der Waals surface area contributed by atoms with Gasteiger partial charge >= 0.3 is 0 Å². The van der Waals surface area contributed by atoms with Gasteiger partial charge < -0.3 is 15.5 Å². The highest BCUT2D eigenvalue weighted by Crippen LogP contribution is 2.19. The van der Waals surface area contributed by atoms with E-state index in [1.807, 2.05) is 11.9 Å². The summed E-state index contributed by atoms with van der Waals surface area (Å²) < 4.78 is 0. The number of benzene rings is 1. The Balaban J connectivity index is 1.91. The van der Waals surface area contributed by atoms with E-state index in [9.17, 15) is 9.59 Å². The van der Waals surface area contributed by atoms with Crippen LogP contribution >= 0.6 is 0 Å². The highest BCUT2D eigenvalue weighted by molar-refractivity contribution is 5.95. The summed E-state index contributed by atoms with van der Waals surface area (Å²) in [5.74, 6) is 0.762. The van der Waals surface area contributed by atoms with Crippen LogP contribution < -0.4 is 10.6 Å². The van der Waals surface area contributed by atoms with Gasteiger partial charge in [0.15, 0.2) is 0 Å². The molecule has 1 heterocycles. The van der Waals surface area contributed by atoms with Crippen molar-refractivity contribution in [2.45, 2.75) is 26.2 Å². The molecule has 0 atom stereocenters. The minimum atomic E-state index is -0.0292. The van der Waals surface area contributed by atoms with Gasteiger partial charge in [-0.1, -0.05) is 6.92 Å². The van der Waals surface area contributed by atoms with Gasteiger partial charge in [0.2, 0.25) is 5.91 Å². The molecule has 0 radical (unpaired) electrons. The summed E-state index contributed by atoms with van der Waals surface area (Å²) in [6.45, 7) is 4.55. The molecule has 0 aliphatic carbocycles.